The molecule has 8 heteroatoms. The molecular weight excluding hydrogens is 394 g/mol. The summed E-state index contributed by atoms with van der Waals surface area (Å²) in [6.45, 7) is 7.64. The fourth-order valence-corrected chi connectivity index (χ4v) is 5.55. The lowest BCUT2D eigenvalue weighted by Crippen LogP contribution is -2.46. The topological polar surface area (TPSA) is 93.9 Å². The number of likely N-dealkylation sites (N-methyl/N-ethyl adjacent to an activating group) is 1. The number of hydrogen-bond acceptors (Lipinski definition) is 6. The van der Waals surface area contributed by atoms with Gasteiger partial charge in [-0.15, -0.1) is 0 Å². The van der Waals surface area contributed by atoms with E-state index in [9.17, 15) is 18.0 Å². The quantitative estimate of drug-likeness (QED) is 0.666. The van der Waals surface area contributed by atoms with Gasteiger partial charge in [-0.05, 0) is 45.2 Å². The van der Waals surface area contributed by atoms with Crippen molar-refractivity contribution in [2.45, 2.75) is 52.7 Å². The third-order valence-corrected chi connectivity index (χ3v) is 7.36. The first-order valence-corrected chi connectivity index (χ1v) is 11.6. The first-order valence-electron chi connectivity index (χ1n) is 9.79. The average molecular weight is 422 g/mol. The Hall–Kier alpha value is -2.35. The number of sulfone groups is 1. The molecule has 1 amide bonds. The van der Waals surface area contributed by atoms with Crippen molar-refractivity contribution in [2.24, 2.45) is 0 Å². The summed E-state index contributed by atoms with van der Waals surface area (Å²) >= 11 is 0. The number of rotatable bonds is 6. The zero-order chi connectivity index (χ0) is 21.3. The highest BCUT2D eigenvalue weighted by atomic mass is 32.2. The summed E-state index contributed by atoms with van der Waals surface area (Å²) in [6, 6.07) is 3.53. The molecule has 1 saturated heterocycles. The van der Waals surface area contributed by atoms with Crippen LogP contribution in [0.2, 0.25) is 0 Å². The second-order valence-corrected chi connectivity index (χ2v) is 9.86. The van der Waals surface area contributed by atoms with Crippen LogP contribution in [0, 0.1) is 13.8 Å². The van der Waals surface area contributed by atoms with Gasteiger partial charge in [0.15, 0.2) is 15.9 Å². The minimum Gasteiger partial charge on any atom is -0.464 e. The minimum absolute atomic E-state index is 0.00292. The summed E-state index contributed by atoms with van der Waals surface area (Å²) in [5.41, 5.74) is 3.59. The Kier molecular flexibility index (Phi) is 6.03. The van der Waals surface area contributed by atoms with Crippen LogP contribution in [0.15, 0.2) is 22.8 Å². The van der Waals surface area contributed by atoms with Crippen molar-refractivity contribution in [3.8, 4) is 0 Å². The fourth-order valence-electron chi connectivity index (χ4n) is 3.82. The van der Waals surface area contributed by atoms with Crippen LogP contribution in [-0.4, -0.2) is 55.4 Å². The van der Waals surface area contributed by atoms with Gasteiger partial charge in [-0.1, -0.05) is 12.1 Å². The molecule has 1 aromatic heterocycles. The second-order valence-electron chi connectivity index (χ2n) is 7.64. The third-order valence-electron chi connectivity index (χ3n) is 5.61. The van der Waals surface area contributed by atoms with E-state index in [0.29, 0.717) is 18.5 Å². The standard InChI is InChI=1S/C21H27NO6S/c1-5-22(17-8-9-29(25,26)12-17)21(24)15(4)28-19(23)10-16-11-27-20-14(3)13(2)6-7-18(16)20/h6-7,11,15,17H,5,8-10,12H2,1-4H3/t15-,17+/m0/s1. The molecule has 0 unspecified atom stereocenters. The van der Waals surface area contributed by atoms with Gasteiger partial charge in [-0.2, -0.15) is 0 Å². The lowest BCUT2D eigenvalue weighted by Gasteiger charge is -2.29. The highest BCUT2D eigenvalue weighted by Crippen LogP contribution is 2.27. The number of aryl methyl sites for hydroxylation is 2. The number of benzene rings is 1. The number of carbonyl (C=O) groups excluding carboxylic acids is 2. The molecule has 1 fully saturated rings. The van der Waals surface area contributed by atoms with Gasteiger partial charge in [-0.25, -0.2) is 8.42 Å². The van der Waals surface area contributed by atoms with Crippen LogP contribution in [0.25, 0.3) is 11.0 Å². The summed E-state index contributed by atoms with van der Waals surface area (Å²) in [7, 11) is -3.11. The second kappa shape index (κ2) is 8.18. The van der Waals surface area contributed by atoms with Gasteiger partial charge in [0, 0.05) is 23.5 Å². The summed E-state index contributed by atoms with van der Waals surface area (Å²) in [4.78, 5) is 26.7. The molecular formula is C21H27NO6S. The molecule has 2 heterocycles. The maximum atomic E-state index is 12.7. The molecule has 0 N–H and O–H groups in total. The Morgan fingerprint density at radius 1 is 1.31 bits per heavy atom. The molecule has 158 valence electrons. The van der Waals surface area contributed by atoms with E-state index in [1.165, 1.54) is 11.8 Å². The molecule has 0 bridgehead atoms. The number of nitrogens with zero attached hydrogens (tertiary/aromatic N) is 1. The Morgan fingerprint density at radius 2 is 2.03 bits per heavy atom. The van der Waals surface area contributed by atoms with Crippen LogP contribution in [0.4, 0.5) is 0 Å². The summed E-state index contributed by atoms with van der Waals surface area (Å²) < 4.78 is 34.4. The van der Waals surface area contributed by atoms with Gasteiger partial charge < -0.3 is 14.1 Å². The number of hydrogen-bond donors (Lipinski definition) is 0. The molecule has 2 aromatic rings. The number of ether oxygens (including phenoxy) is 1. The van der Waals surface area contributed by atoms with E-state index in [-0.39, 0.29) is 29.9 Å². The Labute approximate surface area is 170 Å². The minimum atomic E-state index is -3.11. The molecule has 1 aromatic carbocycles. The first-order chi connectivity index (χ1) is 13.6. The zero-order valence-corrected chi connectivity index (χ0v) is 18.0. The fraction of sp³-hybridized carbons (Fsp3) is 0.524. The van der Waals surface area contributed by atoms with Gasteiger partial charge in [0.05, 0.1) is 24.2 Å². The predicted molar refractivity (Wildman–Crippen MR) is 109 cm³/mol. The maximum Gasteiger partial charge on any atom is 0.311 e. The lowest BCUT2D eigenvalue weighted by molar-refractivity contribution is -0.159. The molecule has 3 rings (SSSR count). The molecule has 0 spiro atoms. The highest BCUT2D eigenvalue weighted by molar-refractivity contribution is 7.91. The van der Waals surface area contributed by atoms with E-state index in [1.54, 1.807) is 13.2 Å². The molecule has 0 radical (unpaired) electrons. The number of furan rings is 1. The van der Waals surface area contributed by atoms with Crippen LogP contribution in [0.3, 0.4) is 0 Å². The SMILES string of the molecule is CCN(C(=O)[C@H](C)OC(=O)Cc1coc2c(C)c(C)ccc12)[C@@H]1CCS(=O)(=O)C1. The van der Waals surface area contributed by atoms with Gasteiger partial charge in [0.2, 0.25) is 0 Å². The summed E-state index contributed by atoms with van der Waals surface area (Å²) in [6.07, 6.45) is 0.985. The molecule has 29 heavy (non-hydrogen) atoms. The van der Waals surface area contributed by atoms with Crippen molar-refractivity contribution in [3.05, 3.63) is 35.1 Å². The maximum absolute atomic E-state index is 12.7. The van der Waals surface area contributed by atoms with E-state index in [1.807, 2.05) is 26.0 Å². The lowest BCUT2D eigenvalue weighted by atomic mass is 10.0. The van der Waals surface area contributed by atoms with Crippen molar-refractivity contribution in [1.82, 2.24) is 4.90 Å². The first kappa shape index (κ1) is 21.4. The Morgan fingerprint density at radius 3 is 2.66 bits per heavy atom. The molecule has 7 nitrogen and oxygen atoms in total. The number of fused-ring (bicyclic) bond motifs is 1. The molecule has 0 aliphatic carbocycles. The summed E-state index contributed by atoms with van der Waals surface area (Å²) in [5, 5.41) is 0.857. The highest BCUT2D eigenvalue weighted by Gasteiger charge is 2.36. The Balaban J connectivity index is 1.66. The molecule has 1 aliphatic heterocycles. The van der Waals surface area contributed by atoms with Crippen LogP contribution in [0.5, 0.6) is 0 Å². The van der Waals surface area contributed by atoms with E-state index in [4.69, 9.17) is 9.15 Å². The van der Waals surface area contributed by atoms with Gasteiger partial charge >= 0.3 is 5.97 Å². The monoisotopic (exact) mass is 421 g/mol. The van der Waals surface area contributed by atoms with E-state index in [0.717, 1.165) is 22.1 Å². The van der Waals surface area contributed by atoms with Crippen molar-refractivity contribution < 1.29 is 27.2 Å². The van der Waals surface area contributed by atoms with E-state index >= 15 is 0 Å². The molecule has 2 atom stereocenters. The van der Waals surface area contributed by atoms with Gasteiger partial charge in [0.1, 0.15) is 5.58 Å². The smallest absolute Gasteiger partial charge is 0.311 e. The van der Waals surface area contributed by atoms with Gasteiger partial charge in [-0.3, -0.25) is 9.59 Å². The van der Waals surface area contributed by atoms with Gasteiger partial charge in [0.25, 0.3) is 5.91 Å². The van der Waals surface area contributed by atoms with Crippen molar-refractivity contribution in [3.63, 3.8) is 0 Å². The zero-order valence-electron chi connectivity index (χ0n) is 17.2. The Bertz CT molecular complexity index is 1040. The summed E-state index contributed by atoms with van der Waals surface area (Å²) in [5.74, 6) is -0.844. The number of esters is 1. The third kappa shape index (κ3) is 4.47. The van der Waals surface area contributed by atoms with E-state index in [2.05, 4.69) is 0 Å². The number of carbonyl (C=O) groups is 2. The van der Waals surface area contributed by atoms with Crippen molar-refractivity contribution in [2.75, 3.05) is 18.1 Å². The van der Waals surface area contributed by atoms with Crippen LogP contribution in [-0.2, 0) is 30.6 Å². The van der Waals surface area contributed by atoms with Crippen molar-refractivity contribution in [1.29, 1.82) is 0 Å². The number of amides is 1. The van der Waals surface area contributed by atoms with Crippen LogP contribution < -0.4 is 0 Å². The van der Waals surface area contributed by atoms with Crippen molar-refractivity contribution >= 4 is 32.7 Å². The molecule has 0 saturated carbocycles. The average Bonchev–Trinajstić information content (AvgIpc) is 3.22. The van der Waals surface area contributed by atoms with Crippen LogP contribution in [0.1, 0.15) is 37.0 Å². The van der Waals surface area contributed by atoms with Crippen LogP contribution >= 0.6 is 0 Å². The molecule has 1 aliphatic rings. The largest absolute Gasteiger partial charge is 0.464 e. The predicted octanol–water partition coefficient (Wildman–Crippen LogP) is 2.56. The normalized spacial score (nSPS) is 19.2. The van der Waals surface area contributed by atoms with E-state index < -0.39 is 21.9 Å².